The number of hydrogen-bond acceptors (Lipinski definition) is 3. The van der Waals surface area contributed by atoms with Crippen LogP contribution in [0.3, 0.4) is 0 Å². The number of ether oxygens (including phenoxy) is 2. The van der Waals surface area contributed by atoms with Crippen LogP contribution in [0.5, 0.6) is 11.5 Å². The zero-order valence-electron chi connectivity index (χ0n) is 10.5. The lowest BCUT2D eigenvalue weighted by molar-refractivity contribution is 0.174. The summed E-state index contributed by atoms with van der Waals surface area (Å²) in [6.07, 6.45) is 2.19. The number of nitrogens with one attached hydrogen (secondary N) is 1. The number of aromatic nitrogens is 1. The van der Waals surface area contributed by atoms with E-state index in [1.165, 1.54) is 22.2 Å². The molecule has 18 heavy (non-hydrogen) atoms. The zero-order valence-corrected chi connectivity index (χ0v) is 10.5. The predicted molar refractivity (Wildman–Crippen MR) is 69.3 cm³/mol. The first-order chi connectivity index (χ1) is 8.81. The smallest absolute Gasteiger partial charge is 0.231 e. The molecule has 0 saturated carbocycles. The summed E-state index contributed by atoms with van der Waals surface area (Å²) in [7, 11) is 2.18. The van der Waals surface area contributed by atoms with E-state index in [1.807, 2.05) is 0 Å². The van der Waals surface area contributed by atoms with Crippen molar-refractivity contribution < 1.29 is 9.47 Å². The second-order valence-corrected chi connectivity index (χ2v) is 5.14. The highest BCUT2D eigenvalue weighted by atomic mass is 16.7. The Hall–Kier alpha value is -1.68. The molecule has 1 aromatic carbocycles. The Kier molecular flexibility index (Phi) is 2.08. The van der Waals surface area contributed by atoms with Gasteiger partial charge in [-0.05, 0) is 25.1 Å². The summed E-state index contributed by atoms with van der Waals surface area (Å²) < 4.78 is 10.9. The number of nitrogens with zero attached hydrogens (tertiary/aromatic N) is 1. The Morgan fingerprint density at radius 1 is 1.11 bits per heavy atom. The maximum absolute atomic E-state index is 5.47. The van der Waals surface area contributed by atoms with Gasteiger partial charge >= 0.3 is 0 Å². The van der Waals surface area contributed by atoms with E-state index in [2.05, 4.69) is 29.1 Å². The molecular weight excluding hydrogens is 228 g/mol. The molecule has 94 valence electrons. The fourth-order valence-electron chi connectivity index (χ4n) is 2.91. The summed E-state index contributed by atoms with van der Waals surface area (Å²) in [6, 6.07) is 4.19. The minimum atomic E-state index is 0.340. The van der Waals surface area contributed by atoms with E-state index < -0.39 is 0 Å². The lowest BCUT2D eigenvalue weighted by atomic mass is 10.1. The Morgan fingerprint density at radius 2 is 1.89 bits per heavy atom. The van der Waals surface area contributed by atoms with E-state index in [0.29, 0.717) is 6.79 Å². The molecule has 3 heterocycles. The van der Waals surface area contributed by atoms with Gasteiger partial charge in [-0.25, -0.2) is 0 Å². The Labute approximate surface area is 105 Å². The molecule has 0 saturated heterocycles. The minimum absolute atomic E-state index is 0.340. The average molecular weight is 244 g/mol. The van der Waals surface area contributed by atoms with E-state index in [0.717, 1.165) is 37.4 Å². The van der Waals surface area contributed by atoms with Crippen LogP contribution < -0.4 is 9.47 Å². The van der Waals surface area contributed by atoms with E-state index in [-0.39, 0.29) is 0 Å². The molecule has 2 aliphatic rings. The van der Waals surface area contributed by atoms with Crippen molar-refractivity contribution >= 4 is 10.9 Å². The van der Waals surface area contributed by atoms with Crippen LogP contribution in [0.4, 0.5) is 0 Å². The second-order valence-electron chi connectivity index (χ2n) is 5.14. The fraction of sp³-hybridized carbons (Fsp3) is 0.429. The van der Waals surface area contributed by atoms with Crippen LogP contribution in [0.25, 0.3) is 10.9 Å². The lowest BCUT2D eigenvalue weighted by Crippen LogP contribution is -2.21. The molecule has 0 spiro atoms. The van der Waals surface area contributed by atoms with E-state index >= 15 is 0 Å². The Morgan fingerprint density at radius 3 is 2.78 bits per heavy atom. The molecule has 4 nitrogen and oxygen atoms in total. The van der Waals surface area contributed by atoms with E-state index in [9.17, 15) is 0 Å². The van der Waals surface area contributed by atoms with E-state index in [4.69, 9.17) is 9.47 Å². The highest BCUT2D eigenvalue weighted by Gasteiger charge is 2.20. The van der Waals surface area contributed by atoms with Crippen molar-refractivity contribution in [3.63, 3.8) is 0 Å². The third-order valence-electron chi connectivity index (χ3n) is 3.97. The SMILES string of the molecule is CN1CCc2[nH]c3cc4c(cc3c2CC1)OCO4. The molecule has 0 radical (unpaired) electrons. The summed E-state index contributed by atoms with van der Waals surface area (Å²) in [5, 5.41) is 1.30. The van der Waals surface area contributed by atoms with Crippen molar-refractivity contribution in [2.75, 3.05) is 26.9 Å². The van der Waals surface area contributed by atoms with Gasteiger partial charge in [-0.1, -0.05) is 0 Å². The number of hydrogen-bond donors (Lipinski definition) is 1. The molecule has 1 N–H and O–H groups in total. The maximum atomic E-state index is 5.47. The van der Waals surface area contributed by atoms with Crippen molar-refractivity contribution in [2.45, 2.75) is 12.8 Å². The first-order valence-electron chi connectivity index (χ1n) is 6.43. The minimum Gasteiger partial charge on any atom is -0.454 e. The summed E-state index contributed by atoms with van der Waals surface area (Å²) in [5.41, 5.74) is 4.00. The van der Waals surface area contributed by atoms with Gasteiger partial charge in [0.15, 0.2) is 11.5 Å². The van der Waals surface area contributed by atoms with Crippen molar-refractivity contribution in [1.29, 1.82) is 0 Å². The van der Waals surface area contributed by atoms with Gasteiger partial charge in [0, 0.05) is 42.2 Å². The topological polar surface area (TPSA) is 37.5 Å². The molecule has 2 aliphatic heterocycles. The summed E-state index contributed by atoms with van der Waals surface area (Å²) in [5.74, 6) is 1.73. The molecular formula is C14H16N2O2. The van der Waals surface area contributed by atoms with Crippen molar-refractivity contribution in [3.8, 4) is 11.5 Å². The second kappa shape index (κ2) is 3.65. The van der Waals surface area contributed by atoms with E-state index in [1.54, 1.807) is 0 Å². The standard InChI is InChI=1S/C14H16N2O2/c1-16-4-2-9-10-6-13-14(18-8-17-13)7-12(10)15-11(9)3-5-16/h6-7,15H,2-5,8H2,1H3. The number of likely N-dealkylation sites (N-methyl/N-ethyl adjacent to an activating group) is 1. The fourth-order valence-corrected chi connectivity index (χ4v) is 2.91. The summed E-state index contributed by atoms with van der Waals surface area (Å²) >= 11 is 0. The van der Waals surface area contributed by atoms with Crippen molar-refractivity contribution in [2.24, 2.45) is 0 Å². The van der Waals surface area contributed by atoms with Crippen LogP contribution >= 0.6 is 0 Å². The highest BCUT2D eigenvalue weighted by molar-refractivity contribution is 5.88. The third-order valence-corrected chi connectivity index (χ3v) is 3.97. The molecule has 0 amide bonds. The molecule has 4 rings (SSSR count). The quantitative estimate of drug-likeness (QED) is 0.769. The molecule has 1 aromatic heterocycles. The maximum Gasteiger partial charge on any atom is 0.231 e. The summed E-state index contributed by atoms with van der Waals surface area (Å²) in [4.78, 5) is 5.93. The van der Waals surface area contributed by atoms with Crippen LogP contribution in [0, 0.1) is 0 Å². The van der Waals surface area contributed by atoms with Gasteiger partial charge in [0.1, 0.15) is 0 Å². The first-order valence-corrected chi connectivity index (χ1v) is 6.43. The number of H-pyrrole nitrogens is 1. The Balaban J connectivity index is 1.89. The van der Waals surface area contributed by atoms with Crippen LogP contribution in [0.2, 0.25) is 0 Å². The largest absolute Gasteiger partial charge is 0.454 e. The van der Waals surface area contributed by atoms with Crippen LogP contribution in [0.15, 0.2) is 12.1 Å². The molecule has 2 aromatic rings. The van der Waals surface area contributed by atoms with Crippen LogP contribution in [0.1, 0.15) is 11.3 Å². The van der Waals surface area contributed by atoms with Gasteiger partial charge in [-0.15, -0.1) is 0 Å². The summed E-state index contributed by atoms with van der Waals surface area (Å²) in [6.45, 7) is 2.58. The Bertz CT molecular complexity index is 618. The molecule has 0 unspecified atom stereocenters. The van der Waals surface area contributed by atoms with Gasteiger partial charge in [-0.2, -0.15) is 0 Å². The molecule has 0 aliphatic carbocycles. The van der Waals surface area contributed by atoms with Gasteiger partial charge < -0.3 is 19.4 Å². The molecule has 4 heteroatoms. The third kappa shape index (κ3) is 1.42. The lowest BCUT2D eigenvalue weighted by Gasteiger charge is -2.11. The average Bonchev–Trinajstić information content (AvgIpc) is 2.89. The molecule has 0 fully saturated rings. The van der Waals surface area contributed by atoms with Gasteiger partial charge in [0.25, 0.3) is 0 Å². The van der Waals surface area contributed by atoms with Gasteiger partial charge in [0.05, 0.1) is 0 Å². The zero-order chi connectivity index (χ0) is 12.1. The number of benzene rings is 1. The predicted octanol–water partition coefficient (Wildman–Crippen LogP) is 1.93. The molecule has 0 atom stereocenters. The van der Waals surface area contributed by atoms with Gasteiger partial charge in [-0.3, -0.25) is 0 Å². The van der Waals surface area contributed by atoms with Gasteiger partial charge in [0.2, 0.25) is 6.79 Å². The number of aromatic amines is 1. The first kappa shape index (κ1) is 10.3. The number of fused-ring (bicyclic) bond motifs is 4. The van der Waals surface area contributed by atoms with Crippen molar-refractivity contribution in [3.05, 3.63) is 23.4 Å². The van der Waals surface area contributed by atoms with Crippen molar-refractivity contribution in [1.82, 2.24) is 9.88 Å². The monoisotopic (exact) mass is 244 g/mol. The van der Waals surface area contributed by atoms with Crippen LogP contribution in [-0.4, -0.2) is 36.8 Å². The van der Waals surface area contributed by atoms with Crippen LogP contribution in [-0.2, 0) is 12.8 Å². The number of rotatable bonds is 0. The molecule has 0 bridgehead atoms. The normalized spacial score (nSPS) is 18.9. The highest BCUT2D eigenvalue weighted by Crippen LogP contribution is 2.38.